The SMILES string of the molecule is CCCCn1c(O)c(N=Nc2nccs2)c2ccc(Br)cc21. The summed E-state index contributed by atoms with van der Waals surface area (Å²) in [6.07, 6.45) is 3.73. The first-order chi connectivity index (χ1) is 10.7. The van der Waals surface area contributed by atoms with Crippen LogP contribution in [0.25, 0.3) is 10.9 Å². The van der Waals surface area contributed by atoms with E-state index in [1.807, 2.05) is 28.1 Å². The Labute approximate surface area is 140 Å². The molecule has 0 saturated heterocycles. The van der Waals surface area contributed by atoms with Crippen molar-refractivity contribution in [1.82, 2.24) is 9.55 Å². The van der Waals surface area contributed by atoms with Gasteiger partial charge < -0.3 is 9.67 Å². The predicted molar refractivity (Wildman–Crippen MR) is 92.5 cm³/mol. The number of thiazole rings is 1. The fraction of sp³-hybridized carbons (Fsp3) is 0.267. The molecule has 1 N–H and O–H groups in total. The standard InChI is InChI=1S/C15H15BrN4OS/c1-2-3-7-20-12-9-10(16)4-5-11(12)13(14(20)21)18-19-15-17-6-8-22-15/h4-6,8-9,21H,2-3,7H2,1H3. The Morgan fingerprint density at radius 3 is 2.95 bits per heavy atom. The molecule has 2 aromatic heterocycles. The minimum absolute atomic E-state index is 0.154. The van der Waals surface area contributed by atoms with Crippen LogP contribution < -0.4 is 0 Å². The van der Waals surface area contributed by atoms with E-state index in [9.17, 15) is 5.11 Å². The number of nitrogens with zero attached hydrogens (tertiary/aromatic N) is 4. The molecule has 0 unspecified atom stereocenters. The van der Waals surface area contributed by atoms with Gasteiger partial charge in [-0.2, -0.15) is 0 Å². The van der Waals surface area contributed by atoms with Crippen LogP contribution in [0.3, 0.4) is 0 Å². The maximum atomic E-state index is 10.5. The molecule has 7 heteroatoms. The minimum Gasteiger partial charge on any atom is -0.493 e. The van der Waals surface area contributed by atoms with Crippen molar-refractivity contribution in [3.63, 3.8) is 0 Å². The van der Waals surface area contributed by atoms with Crippen molar-refractivity contribution >= 4 is 49.0 Å². The molecule has 22 heavy (non-hydrogen) atoms. The number of aromatic nitrogens is 2. The van der Waals surface area contributed by atoms with E-state index in [0.717, 1.165) is 34.8 Å². The molecule has 0 amide bonds. The van der Waals surface area contributed by atoms with E-state index in [4.69, 9.17) is 0 Å². The van der Waals surface area contributed by atoms with Gasteiger partial charge in [-0.15, -0.1) is 21.6 Å². The number of hydrogen-bond donors (Lipinski definition) is 1. The average Bonchev–Trinajstić information content (AvgIpc) is 3.10. The van der Waals surface area contributed by atoms with E-state index in [0.29, 0.717) is 10.8 Å². The minimum atomic E-state index is 0.154. The second kappa shape index (κ2) is 6.58. The average molecular weight is 379 g/mol. The molecule has 0 saturated carbocycles. The van der Waals surface area contributed by atoms with E-state index in [2.05, 4.69) is 38.1 Å². The zero-order chi connectivity index (χ0) is 15.5. The number of hydrogen-bond acceptors (Lipinski definition) is 5. The van der Waals surface area contributed by atoms with Crippen LogP contribution in [-0.4, -0.2) is 14.7 Å². The zero-order valence-electron chi connectivity index (χ0n) is 12.0. The molecular weight excluding hydrogens is 364 g/mol. The third-order valence-corrected chi connectivity index (χ3v) is 4.51. The van der Waals surface area contributed by atoms with Gasteiger partial charge in [-0.1, -0.05) is 29.3 Å². The summed E-state index contributed by atoms with van der Waals surface area (Å²) in [5.41, 5.74) is 1.45. The van der Waals surface area contributed by atoms with E-state index in [1.54, 1.807) is 6.20 Å². The van der Waals surface area contributed by atoms with Gasteiger partial charge in [-0.05, 0) is 24.6 Å². The van der Waals surface area contributed by atoms with Crippen molar-refractivity contribution in [2.45, 2.75) is 26.3 Å². The zero-order valence-corrected chi connectivity index (χ0v) is 14.4. The summed E-state index contributed by atoms with van der Waals surface area (Å²) in [5, 5.41) is 22.2. The molecule has 0 radical (unpaired) electrons. The summed E-state index contributed by atoms with van der Waals surface area (Å²) in [7, 11) is 0. The molecule has 0 atom stereocenters. The van der Waals surface area contributed by atoms with Crippen molar-refractivity contribution in [3.05, 3.63) is 34.2 Å². The Balaban J connectivity index is 2.10. The second-order valence-electron chi connectivity index (χ2n) is 4.85. The highest BCUT2D eigenvalue weighted by Crippen LogP contribution is 2.40. The van der Waals surface area contributed by atoms with E-state index in [1.165, 1.54) is 11.3 Å². The van der Waals surface area contributed by atoms with Gasteiger partial charge in [-0.3, -0.25) is 0 Å². The Kier molecular flexibility index (Phi) is 4.54. The molecule has 5 nitrogen and oxygen atoms in total. The molecule has 3 rings (SSSR count). The normalized spacial score (nSPS) is 11.7. The van der Waals surface area contributed by atoms with E-state index >= 15 is 0 Å². The van der Waals surface area contributed by atoms with Gasteiger partial charge in [0.15, 0.2) is 5.69 Å². The number of aryl methyl sites for hydroxylation is 1. The van der Waals surface area contributed by atoms with Crippen molar-refractivity contribution < 1.29 is 5.11 Å². The molecule has 3 aromatic rings. The third kappa shape index (κ3) is 2.91. The monoisotopic (exact) mass is 378 g/mol. The lowest BCUT2D eigenvalue weighted by Crippen LogP contribution is -1.96. The number of benzene rings is 1. The Morgan fingerprint density at radius 1 is 1.36 bits per heavy atom. The van der Waals surface area contributed by atoms with Crippen LogP contribution >= 0.6 is 27.3 Å². The number of fused-ring (bicyclic) bond motifs is 1. The maximum absolute atomic E-state index is 10.5. The lowest BCUT2D eigenvalue weighted by Gasteiger charge is -2.05. The quantitative estimate of drug-likeness (QED) is 0.571. The molecule has 2 heterocycles. The largest absolute Gasteiger partial charge is 0.493 e. The second-order valence-corrected chi connectivity index (χ2v) is 6.64. The Hall–Kier alpha value is -1.73. The van der Waals surface area contributed by atoms with Crippen LogP contribution in [0.5, 0.6) is 5.88 Å². The number of azo groups is 1. The van der Waals surface area contributed by atoms with E-state index < -0.39 is 0 Å². The first-order valence-electron chi connectivity index (χ1n) is 7.02. The summed E-state index contributed by atoms with van der Waals surface area (Å²) in [5.74, 6) is 0.154. The van der Waals surface area contributed by atoms with Gasteiger partial charge in [-0.25, -0.2) is 4.98 Å². The summed E-state index contributed by atoms with van der Waals surface area (Å²) in [6, 6.07) is 5.87. The van der Waals surface area contributed by atoms with Crippen molar-refractivity contribution in [3.8, 4) is 5.88 Å². The van der Waals surface area contributed by atoms with Gasteiger partial charge >= 0.3 is 0 Å². The van der Waals surface area contributed by atoms with Crippen LogP contribution in [-0.2, 0) is 6.54 Å². The van der Waals surface area contributed by atoms with Crippen LogP contribution in [0.15, 0.2) is 44.5 Å². The van der Waals surface area contributed by atoms with Crippen LogP contribution in [0.1, 0.15) is 19.8 Å². The highest BCUT2D eigenvalue weighted by Gasteiger charge is 2.16. The lowest BCUT2D eigenvalue weighted by molar-refractivity contribution is 0.418. The summed E-state index contributed by atoms with van der Waals surface area (Å²) in [4.78, 5) is 4.07. The Morgan fingerprint density at radius 2 is 2.23 bits per heavy atom. The topological polar surface area (TPSA) is 62.8 Å². The molecule has 0 spiro atoms. The first kappa shape index (κ1) is 15.2. The third-order valence-electron chi connectivity index (χ3n) is 3.36. The summed E-state index contributed by atoms with van der Waals surface area (Å²) >= 11 is 4.89. The highest BCUT2D eigenvalue weighted by atomic mass is 79.9. The van der Waals surface area contributed by atoms with Crippen LogP contribution in [0.2, 0.25) is 0 Å². The number of unbranched alkanes of at least 4 members (excludes halogenated alkanes) is 1. The molecule has 0 fully saturated rings. The van der Waals surface area contributed by atoms with Gasteiger partial charge in [0, 0.05) is 28.0 Å². The molecule has 0 bridgehead atoms. The van der Waals surface area contributed by atoms with Gasteiger partial charge in [0.25, 0.3) is 0 Å². The maximum Gasteiger partial charge on any atom is 0.229 e. The predicted octanol–water partition coefficient (Wildman–Crippen LogP) is 5.78. The van der Waals surface area contributed by atoms with Crippen molar-refractivity contribution in [1.29, 1.82) is 0 Å². The van der Waals surface area contributed by atoms with E-state index in [-0.39, 0.29) is 5.88 Å². The van der Waals surface area contributed by atoms with Crippen LogP contribution in [0, 0.1) is 0 Å². The van der Waals surface area contributed by atoms with Crippen molar-refractivity contribution in [2.75, 3.05) is 0 Å². The molecule has 0 aliphatic rings. The Bertz CT molecular complexity index is 811. The fourth-order valence-corrected chi connectivity index (χ4v) is 3.09. The molecule has 114 valence electrons. The number of rotatable bonds is 5. The lowest BCUT2D eigenvalue weighted by atomic mass is 10.2. The van der Waals surface area contributed by atoms with Gasteiger partial charge in [0.05, 0.1) is 5.52 Å². The van der Waals surface area contributed by atoms with Gasteiger partial charge in [0.1, 0.15) is 0 Å². The first-order valence-corrected chi connectivity index (χ1v) is 8.70. The molecule has 0 aliphatic carbocycles. The van der Waals surface area contributed by atoms with Gasteiger partial charge in [0.2, 0.25) is 11.0 Å². The number of aromatic hydroxyl groups is 1. The highest BCUT2D eigenvalue weighted by molar-refractivity contribution is 9.10. The summed E-state index contributed by atoms with van der Waals surface area (Å²) < 4.78 is 2.86. The molecular formula is C15H15BrN4OS. The number of halogens is 1. The smallest absolute Gasteiger partial charge is 0.229 e. The molecule has 0 aliphatic heterocycles. The molecule has 1 aromatic carbocycles. The summed E-state index contributed by atoms with van der Waals surface area (Å²) in [6.45, 7) is 2.88. The van der Waals surface area contributed by atoms with Crippen molar-refractivity contribution in [2.24, 2.45) is 10.2 Å². The fourth-order valence-electron chi connectivity index (χ4n) is 2.29. The van der Waals surface area contributed by atoms with Crippen LogP contribution in [0.4, 0.5) is 10.8 Å².